The molecule has 3 heterocycles. The Kier molecular flexibility index (Phi) is 9.99. The van der Waals surface area contributed by atoms with Crippen molar-refractivity contribution in [3.8, 4) is 0 Å². The Labute approximate surface area is 227 Å². The fraction of sp³-hybridized carbons (Fsp3) is 0.407. The van der Waals surface area contributed by atoms with Crippen LogP contribution in [0.4, 0.5) is 22.0 Å². The molecule has 0 bridgehead atoms. The van der Waals surface area contributed by atoms with Crippen LogP contribution in [-0.4, -0.2) is 58.8 Å². The number of pyridine rings is 1. The first-order valence-corrected chi connectivity index (χ1v) is 13.8. The molecule has 1 aliphatic rings. The minimum absolute atomic E-state index is 0.162. The molecule has 1 fully saturated rings. The molecule has 2 aromatic heterocycles. The summed E-state index contributed by atoms with van der Waals surface area (Å²) in [5, 5.41) is 15.8. The van der Waals surface area contributed by atoms with Crippen LogP contribution in [0.1, 0.15) is 30.4 Å². The summed E-state index contributed by atoms with van der Waals surface area (Å²) in [6.07, 6.45) is 2.96. The summed E-state index contributed by atoms with van der Waals surface area (Å²) in [7, 11) is 2.01. The topological polar surface area (TPSA) is 106 Å². The van der Waals surface area contributed by atoms with Crippen LogP contribution < -0.4 is 15.5 Å². The molecule has 4 rings (SSSR count). The van der Waals surface area contributed by atoms with Crippen molar-refractivity contribution in [3.05, 3.63) is 66.1 Å². The highest BCUT2D eigenvalue weighted by Gasteiger charge is 2.15. The first-order valence-electron chi connectivity index (χ1n) is 12.8. The highest BCUT2D eigenvalue weighted by Crippen LogP contribution is 2.26. The van der Waals surface area contributed by atoms with Gasteiger partial charge in [0.2, 0.25) is 0 Å². The second-order valence-corrected chi connectivity index (χ2v) is 9.81. The SMILES string of the molecule is C=CCOC(=O)Nc1cccc(CNc2cc(N3CCOCC3)cc(CSc3nnc(CCC)n3C)n2)c1. The van der Waals surface area contributed by atoms with Gasteiger partial charge in [-0.3, -0.25) is 5.32 Å². The second kappa shape index (κ2) is 13.8. The second-order valence-electron chi connectivity index (χ2n) is 8.86. The summed E-state index contributed by atoms with van der Waals surface area (Å²) < 4.78 is 12.6. The minimum atomic E-state index is -0.512. The Morgan fingerprint density at radius 2 is 2.08 bits per heavy atom. The Morgan fingerprint density at radius 1 is 1.24 bits per heavy atom. The number of rotatable bonds is 12. The number of morpholine rings is 1. The first-order chi connectivity index (χ1) is 18.6. The number of nitrogens with one attached hydrogen (secondary N) is 2. The van der Waals surface area contributed by atoms with Gasteiger partial charge in [0.15, 0.2) is 5.16 Å². The van der Waals surface area contributed by atoms with Crippen molar-refractivity contribution in [3.63, 3.8) is 0 Å². The highest BCUT2D eigenvalue weighted by atomic mass is 32.2. The van der Waals surface area contributed by atoms with Gasteiger partial charge in [-0.25, -0.2) is 9.78 Å². The summed E-state index contributed by atoms with van der Waals surface area (Å²) in [6, 6.07) is 11.9. The predicted molar refractivity (Wildman–Crippen MR) is 151 cm³/mol. The van der Waals surface area contributed by atoms with Crippen LogP contribution in [-0.2, 0) is 35.2 Å². The molecule has 0 spiro atoms. The Balaban J connectivity index is 1.46. The van der Waals surface area contributed by atoms with Crippen molar-refractivity contribution >= 4 is 35.0 Å². The van der Waals surface area contributed by atoms with Gasteiger partial charge in [0, 0.05) is 56.3 Å². The molecule has 0 unspecified atom stereocenters. The maximum Gasteiger partial charge on any atom is 0.411 e. The van der Waals surface area contributed by atoms with Gasteiger partial charge in [0.1, 0.15) is 18.2 Å². The monoisotopic (exact) mass is 537 g/mol. The van der Waals surface area contributed by atoms with E-state index < -0.39 is 6.09 Å². The molecule has 1 amide bonds. The van der Waals surface area contributed by atoms with E-state index in [-0.39, 0.29) is 6.61 Å². The lowest BCUT2D eigenvalue weighted by Gasteiger charge is -2.29. The van der Waals surface area contributed by atoms with Crippen molar-refractivity contribution < 1.29 is 14.3 Å². The number of carbonyl (C=O) groups is 1. The van der Waals surface area contributed by atoms with Gasteiger partial charge in [-0.05, 0) is 30.2 Å². The smallest absolute Gasteiger partial charge is 0.411 e. The predicted octanol–water partition coefficient (Wildman–Crippen LogP) is 4.64. The van der Waals surface area contributed by atoms with E-state index in [0.29, 0.717) is 31.2 Å². The maximum atomic E-state index is 11.9. The van der Waals surface area contributed by atoms with Gasteiger partial charge in [0.25, 0.3) is 0 Å². The lowest BCUT2D eigenvalue weighted by atomic mass is 10.2. The Morgan fingerprint density at radius 3 is 2.87 bits per heavy atom. The standard InChI is InChI=1S/C27H35N7O3S/c1-4-7-25-31-32-26(33(25)3)38-19-22-16-23(34-10-13-36-14-11-34)17-24(29-22)28-18-20-8-6-9-21(15-20)30-27(35)37-12-5-2/h5-6,8-9,15-17H,2,4,7,10-14,18-19H2,1,3H3,(H,28,29)(H,30,35). The van der Waals surface area contributed by atoms with E-state index in [1.165, 1.54) is 6.08 Å². The number of hydrogen-bond acceptors (Lipinski definition) is 9. The molecule has 10 nitrogen and oxygen atoms in total. The van der Waals surface area contributed by atoms with Crippen LogP contribution in [0.25, 0.3) is 0 Å². The van der Waals surface area contributed by atoms with Crippen LogP contribution in [0, 0.1) is 0 Å². The molecule has 0 saturated carbocycles. The third-order valence-electron chi connectivity index (χ3n) is 5.97. The number of amides is 1. The van der Waals surface area contributed by atoms with E-state index in [0.717, 1.165) is 59.7 Å². The first kappa shape index (κ1) is 27.5. The number of thioether (sulfide) groups is 1. The van der Waals surface area contributed by atoms with E-state index >= 15 is 0 Å². The van der Waals surface area contributed by atoms with Crippen LogP contribution >= 0.6 is 11.8 Å². The number of hydrogen-bond donors (Lipinski definition) is 2. The number of nitrogens with zero attached hydrogens (tertiary/aromatic N) is 5. The molecular weight excluding hydrogens is 502 g/mol. The average Bonchev–Trinajstić information content (AvgIpc) is 3.29. The highest BCUT2D eigenvalue weighted by molar-refractivity contribution is 7.98. The summed E-state index contributed by atoms with van der Waals surface area (Å²) in [5.74, 6) is 2.47. The molecule has 0 radical (unpaired) electrons. The number of aromatic nitrogens is 4. The van der Waals surface area contributed by atoms with Gasteiger partial charge in [-0.15, -0.1) is 10.2 Å². The molecule has 38 heavy (non-hydrogen) atoms. The maximum absolute atomic E-state index is 11.9. The largest absolute Gasteiger partial charge is 0.445 e. The van der Waals surface area contributed by atoms with Crippen molar-refractivity contribution in [1.82, 2.24) is 19.7 Å². The molecular formula is C27H35N7O3S. The number of anilines is 3. The van der Waals surface area contributed by atoms with Gasteiger partial charge >= 0.3 is 6.09 Å². The zero-order chi connectivity index (χ0) is 26.7. The van der Waals surface area contributed by atoms with E-state index in [9.17, 15) is 4.79 Å². The number of aryl methyl sites for hydroxylation is 1. The molecule has 2 N–H and O–H groups in total. The van der Waals surface area contributed by atoms with Crippen LogP contribution in [0.2, 0.25) is 0 Å². The average molecular weight is 538 g/mol. The molecule has 202 valence electrons. The molecule has 1 aliphatic heterocycles. The minimum Gasteiger partial charge on any atom is -0.445 e. The zero-order valence-corrected chi connectivity index (χ0v) is 22.8. The summed E-state index contributed by atoms with van der Waals surface area (Å²) in [6.45, 7) is 9.51. The molecule has 0 aliphatic carbocycles. The van der Waals surface area contributed by atoms with Crippen molar-refractivity contribution in [2.45, 2.75) is 37.2 Å². The summed E-state index contributed by atoms with van der Waals surface area (Å²) in [5.41, 5.74) is 3.74. The molecule has 1 saturated heterocycles. The third-order valence-corrected chi connectivity index (χ3v) is 7.02. The zero-order valence-electron chi connectivity index (χ0n) is 22.0. The van der Waals surface area contributed by atoms with Crippen molar-refractivity contribution in [2.24, 2.45) is 7.05 Å². The quantitative estimate of drug-likeness (QED) is 0.252. The van der Waals surface area contributed by atoms with Crippen molar-refractivity contribution in [1.29, 1.82) is 0 Å². The van der Waals surface area contributed by atoms with E-state index in [4.69, 9.17) is 14.5 Å². The van der Waals surface area contributed by atoms with Crippen molar-refractivity contribution in [2.75, 3.05) is 48.4 Å². The van der Waals surface area contributed by atoms with Crippen LogP contribution in [0.3, 0.4) is 0 Å². The van der Waals surface area contributed by atoms with Gasteiger partial charge in [-0.1, -0.05) is 43.5 Å². The van der Waals surface area contributed by atoms with Crippen LogP contribution in [0.15, 0.2) is 54.2 Å². The van der Waals surface area contributed by atoms with Crippen LogP contribution in [0.5, 0.6) is 0 Å². The summed E-state index contributed by atoms with van der Waals surface area (Å²) >= 11 is 1.64. The van der Waals surface area contributed by atoms with E-state index in [1.54, 1.807) is 11.8 Å². The third kappa shape index (κ3) is 7.72. The molecule has 0 atom stereocenters. The molecule has 11 heteroatoms. The lowest BCUT2D eigenvalue weighted by Crippen LogP contribution is -2.36. The Bertz CT molecular complexity index is 1230. The molecule has 3 aromatic rings. The molecule has 1 aromatic carbocycles. The van der Waals surface area contributed by atoms with Gasteiger partial charge in [-0.2, -0.15) is 0 Å². The Hall–Kier alpha value is -3.57. The normalized spacial score (nSPS) is 13.3. The fourth-order valence-electron chi connectivity index (χ4n) is 4.03. The number of benzene rings is 1. The fourth-order valence-corrected chi connectivity index (χ4v) is 4.85. The lowest BCUT2D eigenvalue weighted by molar-refractivity contribution is 0.122. The number of carbonyl (C=O) groups excluding carboxylic acids is 1. The van der Waals surface area contributed by atoms with E-state index in [2.05, 4.69) is 55.9 Å². The number of ether oxygens (including phenoxy) is 2. The van der Waals surface area contributed by atoms with Gasteiger partial charge < -0.3 is 24.3 Å². The summed E-state index contributed by atoms with van der Waals surface area (Å²) in [4.78, 5) is 19.1. The van der Waals surface area contributed by atoms with E-state index in [1.807, 2.05) is 31.3 Å². The van der Waals surface area contributed by atoms with Gasteiger partial charge in [0.05, 0.1) is 18.9 Å².